The Bertz CT molecular complexity index is 979. The third kappa shape index (κ3) is 3.73. The second-order valence-corrected chi connectivity index (χ2v) is 9.76. The van der Waals surface area contributed by atoms with Crippen LogP contribution in [0.2, 0.25) is 0 Å². The van der Waals surface area contributed by atoms with Crippen molar-refractivity contribution < 1.29 is 19.4 Å². The number of fused-ring (bicyclic) bond motifs is 2. The molecular weight excluding hydrogens is 394 g/mol. The first-order valence-corrected chi connectivity index (χ1v) is 11.7. The molecule has 0 spiro atoms. The van der Waals surface area contributed by atoms with Crippen LogP contribution in [-0.2, 0) is 22.4 Å². The molecule has 7 nitrogen and oxygen atoms in total. The Hall–Kier alpha value is -2.09. The van der Waals surface area contributed by atoms with Crippen molar-refractivity contribution in [2.45, 2.75) is 50.3 Å². The van der Waals surface area contributed by atoms with Gasteiger partial charge < -0.3 is 19.6 Å². The standard InChI is InChI=1S/C24H31N3O4/c28-24(29)31-16-10-18-17-2-1-3-20-23(17)19(11-22(18)27(13-16)12-15-4-5-15)21(25-20)14-26-6-8-30-9-7-26/h1-3,15-16,18,22,25H,4-14H2,(H,28,29)/t16-,18?,22-/m1/s1. The van der Waals surface area contributed by atoms with Gasteiger partial charge in [0.25, 0.3) is 0 Å². The van der Waals surface area contributed by atoms with Gasteiger partial charge in [0.15, 0.2) is 0 Å². The number of likely N-dealkylation sites (tertiary alicyclic amines) is 1. The lowest BCUT2D eigenvalue weighted by Crippen LogP contribution is -2.53. The second kappa shape index (κ2) is 7.80. The Morgan fingerprint density at radius 3 is 2.87 bits per heavy atom. The van der Waals surface area contributed by atoms with Crippen LogP contribution in [0.15, 0.2) is 18.2 Å². The van der Waals surface area contributed by atoms with Gasteiger partial charge in [-0.15, -0.1) is 0 Å². The first kappa shape index (κ1) is 19.6. The fourth-order valence-corrected chi connectivity index (χ4v) is 6.10. The van der Waals surface area contributed by atoms with Crippen molar-refractivity contribution in [1.82, 2.24) is 14.8 Å². The maximum absolute atomic E-state index is 11.3. The number of morpholine rings is 1. The molecule has 4 aliphatic rings. The van der Waals surface area contributed by atoms with E-state index in [4.69, 9.17) is 9.47 Å². The van der Waals surface area contributed by atoms with E-state index in [1.54, 1.807) is 0 Å². The second-order valence-electron chi connectivity index (χ2n) is 9.76. The first-order valence-electron chi connectivity index (χ1n) is 11.7. The number of aromatic amines is 1. The molecule has 2 N–H and O–H groups in total. The smallest absolute Gasteiger partial charge is 0.450 e. The van der Waals surface area contributed by atoms with Gasteiger partial charge in [0.1, 0.15) is 6.10 Å². The SMILES string of the molecule is O=C(O)O[C@@H]1CC2c3cccc4[nH]c(CN5CCOCC5)c(c34)C[C@H]2N(CC2CC2)C1. The van der Waals surface area contributed by atoms with Crippen LogP contribution >= 0.6 is 0 Å². The maximum atomic E-state index is 11.3. The molecule has 0 amide bonds. The Kier molecular flexibility index (Phi) is 4.93. The summed E-state index contributed by atoms with van der Waals surface area (Å²) in [5.41, 5.74) is 5.40. The molecule has 166 valence electrons. The molecule has 3 heterocycles. The number of nitrogens with one attached hydrogen (secondary N) is 1. The molecule has 1 aromatic heterocycles. The highest BCUT2D eigenvalue weighted by molar-refractivity contribution is 5.89. The molecule has 1 unspecified atom stereocenters. The highest BCUT2D eigenvalue weighted by Gasteiger charge is 2.44. The zero-order valence-corrected chi connectivity index (χ0v) is 17.9. The lowest BCUT2D eigenvalue weighted by molar-refractivity contribution is -0.0154. The molecule has 7 heteroatoms. The zero-order valence-electron chi connectivity index (χ0n) is 17.9. The Morgan fingerprint density at radius 2 is 2.10 bits per heavy atom. The van der Waals surface area contributed by atoms with Gasteiger partial charge in [-0.2, -0.15) is 0 Å². The number of carbonyl (C=O) groups is 1. The minimum atomic E-state index is -1.15. The van der Waals surface area contributed by atoms with Crippen LogP contribution in [0, 0.1) is 5.92 Å². The topological polar surface area (TPSA) is 78.0 Å². The molecule has 2 saturated heterocycles. The number of carboxylic acid groups (broad SMARTS) is 1. The van der Waals surface area contributed by atoms with Gasteiger partial charge in [-0.25, -0.2) is 4.79 Å². The van der Waals surface area contributed by atoms with Gasteiger partial charge in [-0.1, -0.05) is 12.1 Å². The van der Waals surface area contributed by atoms with Crippen LogP contribution < -0.4 is 0 Å². The summed E-state index contributed by atoms with van der Waals surface area (Å²) in [6, 6.07) is 7.01. The van der Waals surface area contributed by atoms with E-state index in [9.17, 15) is 9.90 Å². The lowest BCUT2D eigenvalue weighted by atomic mass is 9.73. The molecule has 6 rings (SSSR count). The van der Waals surface area contributed by atoms with Crippen LogP contribution in [0.5, 0.6) is 0 Å². The molecule has 1 saturated carbocycles. The van der Waals surface area contributed by atoms with E-state index in [1.165, 1.54) is 40.6 Å². The van der Waals surface area contributed by atoms with Crippen molar-refractivity contribution in [3.63, 3.8) is 0 Å². The molecule has 2 aliphatic heterocycles. The summed E-state index contributed by atoms with van der Waals surface area (Å²) in [4.78, 5) is 20.1. The van der Waals surface area contributed by atoms with Crippen LogP contribution in [0.3, 0.4) is 0 Å². The van der Waals surface area contributed by atoms with Crippen LogP contribution in [0.25, 0.3) is 10.9 Å². The summed E-state index contributed by atoms with van der Waals surface area (Å²) in [6.07, 6.45) is 3.01. The third-order valence-corrected chi connectivity index (χ3v) is 7.69. The average Bonchev–Trinajstić information content (AvgIpc) is 3.51. The fourth-order valence-electron chi connectivity index (χ4n) is 6.10. The summed E-state index contributed by atoms with van der Waals surface area (Å²) in [5.74, 6) is 1.08. The number of nitrogens with zero attached hydrogens (tertiary/aromatic N) is 2. The van der Waals surface area contributed by atoms with E-state index in [-0.39, 0.29) is 6.10 Å². The Labute approximate surface area is 182 Å². The number of hydrogen-bond donors (Lipinski definition) is 2. The van der Waals surface area contributed by atoms with Crippen molar-refractivity contribution in [2.24, 2.45) is 5.92 Å². The Morgan fingerprint density at radius 1 is 1.26 bits per heavy atom. The van der Waals surface area contributed by atoms with Gasteiger partial charge in [0.2, 0.25) is 0 Å². The largest absolute Gasteiger partial charge is 0.506 e. The summed E-state index contributed by atoms with van der Waals surface area (Å²) in [6.45, 7) is 6.31. The van der Waals surface area contributed by atoms with E-state index < -0.39 is 6.16 Å². The van der Waals surface area contributed by atoms with Crippen molar-refractivity contribution in [2.75, 3.05) is 39.4 Å². The predicted molar refractivity (Wildman–Crippen MR) is 116 cm³/mol. The van der Waals surface area contributed by atoms with Gasteiger partial charge >= 0.3 is 6.16 Å². The number of ether oxygens (including phenoxy) is 2. The molecular formula is C24H31N3O4. The molecule has 2 aliphatic carbocycles. The first-order chi connectivity index (χ1) is 15.2. The molecule has 0 radical (unpaired) electrons. The van der Waals surface area contributed by atoms with E-state index in [1.807, 2.05) is 0 Å². The minimum absolute atomic E-state index is 0.249. The van der Waals surface area contributed by atoms with Gasteiger partial charge in [0, 0.05) is 61.3 Å². The molecule has 0 bridgehead atoms. The summed E-state index contributed by atoms with van der Waals surface area (Å²) >= 11 is 0. The van der Waals surface area contributed by atoms with Crippen molar-refractivity contribution in [3.05, 3.63) is 35.0 Å². The number of aromatic nitrogens is 1. The van der Waals surface area contributed by atoms with Gasteiger partial charge in [-0.3, -0.25) is 9.80 Å². The van der Waals surface area contributed by atoms with Gasteiger partial charge in [0.05, 0.1) is 13.2 Å². The monoisotopic (exact) mass is 425 g/mol. The molecule has 2 aromatic rings. The summed E-state index contributed by atoms with van der Waals surface area (Å²) in [7, 11) is 0. The van der Waals surface area contributed by atoms with E-state index in [0.29, 0.717) is 12.0 Å². The molecule has 3 fully saturated rings. The van der Waals surface area contributed by atoms with Crippen molar-refractivity contribution in [3.8, 4) is 0 Å². The number of rotatable bonds is 5. The number of hydrogen-bond acceptors (Lipinski definition) is 5. The van der Waals surface area contributed by atoms with E-state index in [2.05, 4.69) is 33.0 Å². The quantitative estimate of drug-likeness (QED) is 0.717. The predicted octanol–water partition coefficient (Wildman–Crippen LogP) is 3.19. The normalized spacial score (nSPS) is 29.1. The lowest BCUT2D eigenvalue weighted by Gasteiger charge is -2.46. The zero-order chi connectivity index (χ0) is 20.9. The van der Waals surface area contributed by atoms with E-state index in [0.717, 1.165) is 64.7 Å². The van der Waals surface area contributed by atoms with E-state index >= 15 is 0 Å². The highest BCUT2D eigenvalue weighted by Crippen LogP contribution is 2.46. The van der Waals surface area contributed by atoms with Crippen LogP contribution in [0.1, 0.15) is 42.0 Å². The molecule has 1 aromatic carbocycles. The van der Waals surface area contributed by atoms with Gasteiger partial charge in [-0.05, 0) is 48.8 Å². The number of piperidine rings is 1. The Balaban J connectivity index is 1.36. The molecule has 3 atom stereocenters. The van der Waals surface area contributed by atoms with Crippen molar-refractivity contribution >= 4 is 17.1 Å². The minimum Gasteiger partial charge on any atom is -0.450 e. The third-order valence-electron chi connectivity index (χ3n) is 7.69. The summed E-state index contributed by atoms with van der Waals surface area (Å²) < 4.78 is 10.8. The van der Waals surface area contributed by atoms with Crippen LogP contribution in [0.4, 0.5) is 4.79 Å². The number of H-pyrrole nitrogens is 1. The maximum Gasteiger partial charge on any atom is 0.506 e. The van der Waals surface area contributed by atoms with Crippen molar-refractivity contribution in [1.29, 1.82) is 0 Å². The average molecular weight is 426 g/mol. The molecule has 31 heavy (non-hydrogen) atoms. The van der Waals surface area contributed by atoms with Crippen LogP contribution in [-0.4, -0.2) is 77.6 Å². The fraction of sp³-hybridized carbons (Fsp3) is 0.625. The highest BCUT2D eigenvalue weighted by atomic mass is 16.7. The number of benzene rings is 1. The summed E-state index contributed by atoms with van der Waals surface area (Å²) in [5, 5.41) is 10.6.